The van der Waals surface area contributed by atoms with Crippen LogP contribution in [0.25, 0.3) is 0 Å². The summed E-state index contributed by atoms with van der Waals surface area (Å²) in [5, 5.41) is 0. The lowest BCUT2D eigenvalue weighted by Crippen LogP contribution is -2.30. The van der Waals surface area contributed by atoms with E-state index in [1.165, 1.54) is 5.69 Å². The molecule has 2 nitrogen and oxygen atoms in total. The Hall–Kier alpha value is -0.830. The molecule has 0 aromatic heterocycles. The van der Waals surface area contributed by atoms with Gasteiger partial charge in [-0.15, -0.1) is 0 Å². The molecule has 0 spiro atoms. The molecule has 0 aliphatic heterocycles. The van der Waals surface area contributed by atoms with Crippen molar-refractivity contribution in [1.82, 2.24) is 0 Å². The van der Waals surface area contributed by atoms with E-state index in [1.54, 1.807) is 0 Å². The van der Waals surface area contributed by atoms with Crippen LogP contribution in [0, 0.1) is 0 Å². The zero-order valence-corrected chi connectivity index (χ0v) is 9.84. The second kappa shape index (κ2) is 5.15. The number of rotatable bonds is 4. The van der Waals surface area contributed by atoms with Crippen LogP contribution >= 0.6 is 11.8 Å². The van der Waals surface area contributed by atoms with Gasteiger partial charge < -0.3 is 10.6 Å². The van der Waals surface area contributed by atoms with Crippen molar-refractivity contribution in [3.05, 3.63) is 24.3 Å². The molecular formula is C11H18N2S. The summed E-state index contributed by atoms with van der Waals surface area (Å²) in [4.78, 5) is 2.26. The second-order valence-corrected chi connectivity index (χ2v) is 4.42. The largest absolute Gasteiger partial charge is 0.399 e. The highest BCUT2D eigenvalue weighted by Crippen LogP contribution is 2.19. The zero-order valence-electron chi connectivity index (χ0n) is 9.03. The Balaban J connectivity index is 2.73. The van der Waals surface area contributed by atoms with Crippen molar-refractivity contribution in [3.63, 3.8) is 0 Å². The predicted molar refractivity (Wildman–Crippen MR) is 67.1 cm³/mol. The van der Waals surface area contributed by atoms with Crippen molar-refractivity contribution in [1.29, 1.82) is 0 Å². The highest BCUT2D eigenvalue weighted by atomic mass is 32.2. The summed E-state index contributed by atoms with van der Waals surface area (Å²) in [6.07, 6.45) is 2.13. The number of hydrogen-bond donors (Lipinski definition) is 1. The third kappa shape index (κ3) is 2.84. The number of nitrogens with zero attached hydrogens (tertiary/aromatic N) is 1. The van der Waals surface area contributed by atoms with Crippen LogP contribution in [-0.2, 0) is 0 Å². The molecule has 2 N–H and O–H groups in total. The molecule has 0 saturated heterocycles. The smallest absolute Gasteiger partial charge is 0.0386 e. The fraction of sp³-hybridized carbons (Fsp3) is 0.455. The minimum atomic E-state index is 0.534. The summed E-state index contributed by atoms with van der Waals surface area (Å²) in [5.41, 5.74) is 7.75. The van der Waals surface area contributed by atoms with E-state index >= 15 is 0 Å². The molecule has 1 rings (SSSR count). The highest BCUT2D eigenvalue weighted by molar-refractivity contribution is 7.98. The summed E-state index contributed by atoms with van der Waals surface area (Å²) >= 11 is 1.86. The first-order chi connectivity index (χ1) is 6.65. The molecule has 1 atom stereocenters. The van der Waals surface area contributed by atoms with E-state index in [4.69, 9.17) is 5.73 Å². The van der Waals surface area contributed by atoms with Crippen LogP contribution in [0.1, 0.15) is 6.92 Å². The van der Waals surface area contributed by atoms with Crippen molar-refractivity contribution < 1.29 is 0 Å². The number of hydrogen-bond acceptors (Lipinski definition) is 3. The first kappa shape index (κ1) is 11.2. The average molecular weight is 210 g/mol. The van der Waals surface area contributed by atoms with Gasteiger partial charge in [0.2, 0.25) is 0 Å². The van der Waals surface area contributed by atoms with Crippen LogP contribution in [0.4, 0.5) is 11.4 Å². The lowest BCUT2D eigenvalue weighted by atomic mass is 10.2. The van der Waals surface area contributed by atoms with E-state index in [1.807, 2.05) is 30.0 Å². The van der Waals surface area contributed by atoms with Gasteiger partial charge in [0.25, 0.3) is 0 Å². The first-order valence-electron chi connectivity index (χ1n) is 4.72. The molecule has 1 aromatic carbocycles. The van der Waals surface area contributed by atoms with Crippen molar-refractivity contribution in [3.8, 4) is 0 Å². The van der Waals surface area contributed by atoms with Gasteiger partial charge in [0.05, 0.1) is 0 Å². The van der Waals surface area contributed by atoms with E-state index in [0.717, 1.165) is 11.4 Å². The molecule has 1 aromatic rings. The lowest BCUT2D eigenvalue weighted by molar-refractivity contribution is 0.766. The molecule has 0 amide bonds. The minimum absolute atomic E-state index is 0.534. The minimum Gasteiger partial charge on any atom is -0.399 e. The Kier molecular flexibility index (Phi) is 4.14. The summed E-state index contributed by atoms with van der Waals surface area (Å²) in [7, 11) is 2.11. The van der Waals surface area contributed by atoms with Crippen LogP contribution in [0.3, 0.4) is 0 Å². The van der Waals surface area contributed by atoms with Gasteiger partial charge in [-0.3, -0.25) is 0 Å². The van der Waals surface area contributed by atoms with Crippen LogP contribution < -0.4 is 10.6 Å². The average Bonchev–Trinajstić information content (AvgIpc) is 2.17. The Morgan fingerprint density at radius 2 is 2.21 bits per heavy atom. The standard InChI is InChI=1S/C11H18N2S/c1-9(8-14-3)13(2)11-6-4-5-10(12)7-11/h4-7,9H,8,12H2,1-3H3. The number of benzene rings is 1. The molecule has 0 heterocycles. The summed E-state index contributed by atoms with van der Waals surface area (Å²) in [6.45, 7) is 2.22. The van der Waals surface area contributed by atoms with Crippen LogP contribution in [0.15, 0.2) is 24.3 Å². The Morgan fingerprint density at radius 1 is 1.50 bits per heavy atom. The molecule has 0 aliphatic rings. The maximum atomic E-state index is 5.74. The van der Waals surface area contributed by atoms with E-state index in [0.29, 0.717) is 6.04 Å². The molecule has 3 heteroatoms. The maximum absolute atomic E-state index is 5.74. The molecular weight excluding hydrogens is 192 g/mol. The zero-order chi connectivity index (χ0) is 10.6. The van der Waals surface area contributed by atoms with Gasteiger partial charge in [-0.2, -0.15) is 11.8 Å². The Labute approximate surface area is 90.5 Å². The van der Waals surface area contributed by atoms with Gasteiger partial charge in [0.15, 0.2) is 0 Å². The monoisotopic (exact) mass is 210 g/mol. The van der Waals surface area contributed by atoms with Crippen molar-refractivity contribution in [2.75, 3.05) is 29.7 Å². The topological polar surface area (TPSA) is 29.3 Å². The summed E-state index contributed by atoms with van der Waals surface area (Å²) in [5.74, 6) is 1.13. The summed E-state index contributed by atoms with van der Waals surface area (Å²) < 4.78 is 0. The first-order valence-corrected chi connectivity index (χ1v) is 6.12. The number of anilines is 2. The van der Waals surface area contributed by atoms with Crippen molar-refractivity contribution in [2.24, 2.45) is 0 Å². The lowest BCUT2D eigenvalue weighted by Gasteiger charge is -2.26. The molecule has 78 valence electrons. The van der Waals surface area contributed by atoms with Gasteiger partial charge in [0, 0.05) is 30.2 Å². The van der Waals surface area contributed by atoms with E-state index in [-0.39, 0.29) is 0 Å². The molecule has 0 radical (unpaired) electrons. The maximum Gasteiger partial charge on any atom is 0.0386 e. The molecule has 1 unspecified atom stereocenters. The fourth-order valence-corrected chi connectivity index (χ4v) is 2.06. The SMILES string of the molecule is CSCC(C)N(C)c1cccc(N)c1. The van der Waals surface area contributed by atoms with E-state index < -0.39 is 0 Å². The van der Waals surface area contributed by atoms with Crippen molar-refractivity contribution in [2.45, 2.75) is 13.0 Å². The Morgan fingerprint density at radius 3 is 2.79 bits per heavy atom. The second-order valence-electron chi connectivity index (χ2n) is 3.51. The molecule has 0 fully saturated rings. The number of nitrogens with two attached hydrogens (primary N) is 1. The van der Waals surface area contributed by atoms with Gasteiger partial charge in [-0.1, -0.05) is 6.07 Å². The molecule has 0 bridgehead atoms. The predicted octanol–water partition coefficient (Wildman–Crippen LogP) is 2.46. The van der Waals surface area contributed by atoms with E-state index in [9.17, 15) is 0 Å². The fourth-order valence-electron chi connectivity index (χ4n) is 1.35. The molecule has 0 aliphatic carbocycles. The highest BCUT2D eigenvalue weighted by Gasteiger charge is 2.08. The molecule has 14 heavy (non-hydrogen) atoms. The Bertz CT molecular complexity index is 288. The molecule has 0 saturated carbocycles. The van der Waals surface area contributed by atoms with Crippen LogP contribution in [0.2, 0.25) is 0 Å². The third-order valence-corrected chi connectivity index (χ3v) is 3.16. The van der Waals surface area contributed by atoms with Crippen LogP contribution in [-0.4, -0.2) is 25.1 Å². The number of nitrogen functional groups attached to an aromatic ring is 1. The van der Waals surface area contributed by atoms with Gasteiger partial charge in [0.1, 0.15) is 0 Å². The van der Waals surface area contributed by atoms with Crippen LogP contribution in [0.5, 0.6) is 0 Å². The number of thioether (sulfide) groups is 1. The van der Waals surface area contributed by atoms with Gasteiger partial charge in [-0.05, 0) is 31.4 Å². The quantitative estimate of drug-likeness (QED) is 0.774. The van der Waals surface area contributed by atoms with Gasteiger partial charge >= 0.3 is 0 Å². The van der Waals surface area contributed by atoms with Crippen molar-refractivity contribution >= 4 is 23.1 Å². The van der Waals surface area contributed by atoms with Gasteiger partial charge in [-0.25, -0.2) is 0 Å². The van der Waals surface area contributed by atoms with E-state index in [2.05, 4.69) is 31.2 Å². The normalized spacial score (nSPS) is 12.5. The summed E-state index contributed by atoms with van der Waals surface area (Å²) in [6, 6.07) is 8.54. The third-order valence-electron chi connectivity index (χ3n) is 2.35.